The molecule has 1 atom stereocenters. The zero-order chi connectivity index (χ0) is 18.8. The average molecular weight is 420 g/mol. The van der Waals surface area contributed by atoms with Gasteiger partial charge in [-0.15, -0.1) is 21.5 Å². The number of thiazole rings is 1. The molecule has 0 aliphatic heterocycles. The molecule has 142 valence electrons. The van der Waals surface area contributed by atoms with Crippen LogP contribution in [0.3, 0.4) is 0 Å². The highest BCUT2D eigenvalue weighted by Crippen LogP contribution is 2.32. The van der Waals surface area contributed by atoms with Crippen molar-refractivity contribution in [3.8, 4) is 0 Å². The van der Waals surface area contributed by atoms with E-state index in [2.05, 4.69) is 38.1 Å². The van der Waals surface area contributed by atoms with E-state index < -0.39 is 0 Å². The molecule has 9 heteroatoms. The Morgan fingerprint density at radius 3 is 2.93 bits per heavy atom. The molecule has 1 aliphatic rings. The van der Waals surface area contributed by atoms with Crippen LogP contribution in [-0.2, 0) is 17.1 Å². The fourth-order valence-corrected chi connectivity index (χ4v) is 5.58. The van der Waals surface area contributed by atoms with E-state index in [0.717, 1.165) is 40.2 Å². The van der Waals surface area contributed by atoms with Crippen LogP contribution in [0.5, 0.6) is 0 Å². The molecule has 3 aromatic rings. The minimum atomic E-state index is -0.176. The SMILES string of the molecule is CCn1c(CSc2nc3ccccc3s2)nnc1S[C@H](C)C(=O)NC1CC1. The summed E-state index contributed by atoms with van der Waals surface area (Å²) in [4.78, 5) is 16.9. The van der Waals surface area contributed by atoms with Crippen LogP contribution < -0.4 is 5.32 Å². The molecular formula is C18H21N5OS3. The first-order valence-corrected chi connectivity index (χ1v) is 11.7. The molecule has 1 fully saturated rings. The van der Waals surface area contributed by atoms with Gasteiger partial charge in [-0.1, -0.05) is 35.7 Å². The molecule has 1 amide bonds. The highest BCUT2D eigenvalue weighted by Gasteiger charge is 2.27. The molecule has 27 heavy (non-hydrogen) atoms. The molecule has 0 saturated heterocycles. The third-order valence-corrected chi connectivity index (χ3v) is 7.54. The number of carbonyl (C=O) groups is 1. The van der Waals surface area contributed by atoms with Crippen molar-refractivity contribution in [1.29, 1.82) is 0 Å². The smallest absolute Gasteiger partial charge is 0.233 e. The number of aromatic nitrogens is 4. The quantitative estimate of drug-likeness (QED) is 0.557. The fourth-order valence-electron chi connectivity index (χ4n) is 2.63. The molecule has 1 aromatic carbocycles. The van der Waals surface area contributed by atoms with Gasteiger partial charge in [-0.3, -0.25) is 4.79 Å². The van der Waals surface area contributed by atoms with Gasteiger partial charge in [0.15, 0.2) is 9.50 Å². The van der Waals surface area contributed by atoms with E-state index in [1.54, 1.807) is 23.1 Å². The van der Waals surface area contributed by atoms with Crippen LogP contribution in [0.1, 0.15) is 32.5 Å². The maximum absolute atomic E-state index is 12.2. The van der Waals surface area contributed by atoms with E-state index >= 15 is 0 Å². The number of rotatable bonds is 8. The van der Waals surface area contributed by atoms with Crippen molar-refractivity contribution >= 4 is 51.0 Å². The second-order valence-corrected chi connectivity index (χ2v) is 9.98. The summed E-state index contributed by atoms with van der Waals surface area (Å²) in [6.07, 6.45) is 2.20. The Kier molecular flexibility index (Phi) is 5.70. The van der Waals surface area contributed by atoms with Crippen LogP contribution in [0.15, 0.2) is 33.8 Å². The number of amides is 1. The van der Waals surface area contributed by atoms with Gasteiger partial charge < -0.3 is 9.88 Å². The van der Waals surface area contributed by atoms with Crippen LogP contribution in [-0.4, -0.2) is 36.9 Å². The summed E-state index contributed by atoms with van der Waals surface area (Å²) >= 11 is 4.85. The number of fused-ring (bicyclic) bond motifs is 1. The lowest BCUT2D eigenvalue weighted by Gasteiger charge is -2.12. The largest absolute Gasteiger partial charge is 0.352 e. The second kappa shape index (κ2) is 8.20. The maximum atomic E-state index is 12.2. The minimum Gasteiger partial charge on any atom is -0.352 e. The second-order valence-electron chi connectivity index (χ2n) is 6.42. The lowest BCUT2D eigenvalue weighted by atomic mass is 10.3. The summed E-state index contributed by atoms with van der Waals surface area (Å²) in [6, 6.07) is 8.55. The average Bonchev–Trinajstić information content (AvgIpc) is 3.25. The van der Waals surface area contributed by atoms with Gasteiger partial charge in [0.25, 0.3) is 0 Å². The molecule has 1 N–H and O–H groups in total. The summed E-state index contributed by atoms with van der Waals surface area (Å²) in [5.74, 6) is 1.71. The van der Waals surface area contributed by atoms with Crippen molar-refractivity contribution in [3.63, 3.8) is 0 Å². The Labute approximate surface area is 170 Å². The first-order chi connectivity index (χ1) is 13.1. The number of benzene rings is 1. The van der Waals surface area contributed by atoms with E-state index in [4.69, 9.17) is 0 Å². The van der Waals surface area contributed by atoms with E-state index in [1.165, 1.54) is 16.5 Å². The Balaban J connectivity index is 1.41. The summed E-state index contributed by atoms with van der Waals surface area (Å²) < 4.78 is 4.32. The topological polar surface area (TPSA) is 72.7 Å². The molecule has 6 nitrogen and oxygen atoms in total. The molecular weight excluding hydrogens is 398 g/mol. The number of hydrogen-bond donors (Lipinski definition) is 1. The van der Waals surface area contributed by atoms with Gasteiger partial charge in [-0.2, -0.15) is 0 Å². The van der Waals surface area contributed by atoms with Crippen LogP contribution >= 0.6 is 34.9 Å². The van der Waals surface area contributed by atoms with E-state index in [9.17, 15) is 4.79 Å². The lowest BCUT2D eigenvalue weighted by molar-refractivity contribution is -0.120. The number of thioether (sulfide) groups is 2. The van der Waals surface area contributed by atoms with Crippen molar-refractivity contribution in [1.82, 2.24) is 25.1 Å². The third-order valence-electron chi connectivity index (χ3n) is 4.28. The van der Waals surface area contributed by atoms with Crippen LogP contribution in [0, 0.1) is 0 Å². The first kappa shape index (κ1) is 18.8. The normalized spacial score (nSPS) is 15.2. The maximum Gasteiger partial charge on any atom is 0.233 e. The monoisotopic (exact) mass is 419 g/mol. The minimum absolute atomic E-state index is 0.0820. The van der Waals surface area contributed by atoms with Gasteiger partial charge in [-0.05, 0) is 38.8 Å². The molecule has 0 bridgehead atoms. The highest BCUT2D eigenvalue weighted by atomic mass is 32.2. The zero-order valence-electron chi connectivity index (χ0n) is 15.2. The Morgan fingerprint density at radius 1 is 1.37 bits per heavy atom. The molecule has 0 spiro atoms. The van der Waals surface area contributed by atoms with Crippen molar-refractivity contribution < 1.29 is 4.79 Å². The van der Waals surface area contributed by atoms with Gasteiger partial charge in [0.2, 0.25) is 5.91 Å². The lowest BCUT2D eigenvalue weighted by Crippen LogP contribution is -2.32. The van der Waals surface area contributed by atoms with Crippen LogP contribution in [0.2, 0.25) is 0 Å². The summed E-state index contributed by atoms with van der Waals surface area (Å²) in [5.41, 5.74) is 1.04. The third kappa shape index (κ3) is 4.47. The van der Waals surface area contributed by atoms with Gasteiger partial charge in [0.05, 0.1) is 21.2 Å². The van der Waals surface area contributed by atoms with E-state index in [0.29, 0.717) is 11.8 Å². The summed E-state index contributed by atoms with van der Waals surface area (Å²) in [6.45, 7) is 4.78. The van der Waals surface area contributed by atoms with Gasteiger partial charge in [-0.25, -0.2) is 4.98 Å². The number of nitrogens with zero attached hydrogens (tertiary/aromatic N) is 4. The number of nitrogens with one attached hydrogen (secondary N) is 1. The Hall–Kier alpha value is -1.58. The Morgan fingerprint density at radius 2 is 2.19 bits per heavy atom. The fraction of sp³-hybridized carbons (Fsp3) is 0.444. The molecule has 2 aromatic heterocycles. The zero-order valence-corrected chi connectivity index (χ0v) is 17.7. The molecule has 2 heterocycles. The number of hydrogen-bond acceptors (Lipinski definition) is 7. The number of para-hydroxylation sites is 1. The predicted octanol–water partition coefficient (Wildman–Crippen LogP) is 3.96. The molecule has 0 radical (unpaired) electrons. The Bertz CT molecular complexity index is 917. The molecule has 0 unspecified atom stereocenters. The van der Waals surface area contributed by atoms with E-state index in [1.807, 2.05) is 25.1 Å². The standard InChI is InChI=1S/C18H21N5OS3/c1-3-23-15(10-25-18-20-13-6-4-5-7-14(13)27-18)21-22-17(23)26-11(2)16(24)19-12-8-9-12/h4-7,11-12H,3,8-10H2,1-2H3,(H,19,24)/t11-/m1/s1. The summed E-state index contributed by atoms with van der Waals surface area (Å²) in [7, 11) is 0. The molecule has 1 saturated carbocycles. The van der Waals surface area contributed by atoms with Crippen molar-refractivity contribution in [2.24, 2.45) is 0 Å². The van der Waals surface area contributed by atoms with Crippen LogP contribution in [0.4, 0.5) is 0 Å². The highest BCUT2D eigenvalue weighted by molar-refractivity contribution is 8.00. The predicted molar refractivity (Wildman–Crippen MR) is 111 cm³/mol. The van der Waals surface area contributed by atoms with Gasteiger partial charge in [0, 0.05) is 12.6 Å². The van der Waals surface area contributed by atoms with Crippen molar-refractivity contribution in [2.45, 2.75) is 59.8 Å². The van der Waals surface area contributed by atoms with Gasteiger partial charge >= 0.3 is 0 Å². The van der Waals surface area contributed by atoms with Crippen LogP contribution in [0.25, 0.3) is 10.2 Å². The molecule has 4 rings (SSSR count). The van der Waals surface area contributed by atoms with Gasteiger partial charge in [0.1, 0.15) is 5.82 Å². The number of carbonyl (C=O) groups excluding carboxylic acids is 1. The summed E-state index contributed by atoms with van der Waals surface area (Å²) in [5, 5.41) is 12.4. The first-order valence-electron chi connectivity index (χ1n) is 9.01. The van der Waals surface area contributed by atoms with Crippen molar-refractivity contribution in [2.75, 3.05) is 0 Å². The molecule has 1 aliphatic carbocycles. The van der Waals surface area contributed by atoms with Crippen molar-refractivity contribution in [3.05, 3.63) is 30.1 Å². The van der Waals surface area contributed by atoms with E-state index in [-0.39, 0.29) is 11.2 Å².